The highest BCUT2D eigenvalue weighted by Gasteiger charge is 2.42. The minimum atomic E-state index is -0.198. The molecule has 15 heavy (non-hydrogen) atoms. The van der Waals surface area contributed by atoms with Crippen molar-refractivity contribution in [3.63, 3.8) is 0 Å². The molecule has 0 aromatic heterocycles. The summed E-state index contributed by atoms with van der Waals surface area (Å²) in [5, 5.41) is 0. The second-order valence-electron chi connectivity index (χ2n) is 4.18. The van der Waals surface area contributed by atoms with Crippen LogP contribution in [0.1, 0.15) is 23.2 Å². The molecule has 1 atom stereocenters. The van der Waals surface area contributed by atoms with Gasteiger partial charge in [0.2, 0.25) is 0 Å². The molecule has 0 aliphatic carbocycles. The molecule has 2 aliphatic rings. The Hall–Kier alpha value is -0.960. The van der Waals surface area contributed by atoms with E-state index in [4.69, 9.17) is 4.74 Å². The molecule has 1 unspecified atom stereocenters. The largest absolute Gasteiger partial charge is 0.485 e. The van der Waals surface area contributed by atoms with Gasteiger partial charge >= 0.3 is 0 Å². The van der Waals surface area contributed by atoms with Gasteiger partial charge in [0.1, 0.15) is 11.4 Å². The maximum Gasteiger partial charge on any atom is 0.170 e. The number of Topliss-reactive ketones (excluding diaryl/α,β-unsaturated/α-hetero) is 1. The molecule has 0 amide bonds. The number of carbonyl (C=O) groups excluding carboxylic acids is 1. The first-order chi connectivity index (χ1) is 7.29. The summed E-state index contributed by atoms with van der Waals surface area (Å²) < 4.78 is 6.01. The molecule has 2 nitrogen and oxygen atoms in total. The van der Waals surface area contributed by atoms with E-state index in [0.29, 0.717) is 6.42 Å². The topological polar surface area (TPSA) is 26.3 Å². The third-order valence-electron chi connectivity index (χ3n) is 3.06. The molecule has 1 aromatic rings. The van der Waals surface area contributed by atoms with Crippen LogP contribution in [0.15, 0.2) is 24.3 Å². The summed E-state index contributed by atoms with van der Waals surface area (Å²) in [5.41, 5.74) is 0.552. The van der Waals surface area contributed by atoms with E-state index >= 15 is 0 Å². The zero-order valence-corrected chi connectivity index (χ0v) is 9.18. The van der Waals surface area contributed by atoms with Gasteiger partial charge in [0.05, 0.1) is 12.0 Å². The summed E-state index contributed by atoms with van der Waals surface area (Å²) >= 11 is 1.88. The second-order valence-corrected chi connectivity index (χ2v) is 5.29. The predicted octanol–water partition coefficient (Wildman–Crippen LogP) is 2.53. The quantitative estimate of drug-likeness (QED) is 0.672. The van der Waals surface area contributed by atoms with Gasteiger partial charge < -0.3 is 4.74 Å². The summed E-state index contributed by atoms with van der Waals surface area (Å²) in [6.45, 7) is 0. The number of hydrogen-bond donors (Lipinski definition) is 0. The standard InChI is InChI=1S/C12H12O2S/c13-10-7-12(5-6-15-8-12)14-11-4-2-1-3-9(10)11/h1-4H,5-8H2. The maximum atomic E-state index is 12.0. The fraction of sp³-hybridized carbons (Fsp3) is 0.417. The van der Waals surface area contributed by atoms with Crippen LogP contribution in [0.3, 0.4) is 0 Å². The average Bonchev–Trinajstić information content (AvgIpc) is 2.66. The van der Waals surface area contributed by atoms with Crippen LogP contribution < -0.4 is 4.74 Å². The lowest BCUT2D eigenvalue weighted by Crippen LogP contribution is -2.41. The molecule has 2 aliphatic heterocycles. The molecule has 1 saturated heterocycles. The lowest BCUT2D eigenvalue weighted by molar-refractivity contribution is 0.0563. The lowest BCUT2D eigenvalue weighted by Gasteiger charge is -2.33. The third kappa shape index (κ3) is 1.46. The molecule has 3 heteroatoms. The predicted molar refractivity (Wildman–Crippen MR) is 60.7 cm³/mol. The van der Waals surface area contributed by atoms with Crippen molar-refractivity contribution in [1.29, 1.82) is 0 Å². The van der Waals surface area contributed by atoms with Crippen molar-refractivity contribution < 1.29 is 9.53 Å². The fourth-order valence-electron chi connectivity index (χ4n) is 2.25. The van der Waals surface area contributed by atoms with Crippen molar-refractivity contribution in [2.45, 2.75) is 18.4 Å². The number of ether oxygens (including phenoxy) is 1. The third-order valence-corrected chi connectivity index (χ3v) is 4.29. The Morgan fingerprint density at radius 1 is 1.33 bits per heavy atom. The SMILES string of the molecule is O=C1CC2(CCSC2)Oc2ccccc21. The van der Waals surface area contributed by atoms with Crippen molar-refractivity contribution in [3.05, 3.63) is 29.8 Å². The van der Waals surface area contributed by atoms with Gasteiger partial charge in [-0.25, -0.2) is 0 Å². The van der Waals surface area contributed by atoms with Gasteiger partial charge in [-0.2, -0.15) is 11.8 Å². The highest BCUT2D eigenvalue weighted by molar-refractivity contribution is 7.99. The van der Waals surface area contributed by atoms with E-state index in [1.807, 2.05) is 36.0 Å². The fourth-order valence-corrected chi connectivity index (χ4v) is 3.59. The monoisotopic (exact) mass is 220 g/mol. The smallest absolute Gasteiger partial charge is 0.170 e. The number of ketones is 1. The first kappa shape index (κ1) is 9.28. The Kier molecular flexibility index (Phi) is 2.02. The van der Waals surface area contributed by atoms with Crippen LogP contribution in [-0.4, -0.2) is 22.9 Å². The van der Waals surface area contributed by atoms with E-state index in [2.05, 4.69) is 0 Å². The summed E-state index contributed by atoms with van der Waals surface area (Å²) in [5.74, 6) is 3.07. The minimum Gasteiger partial charge on any atom is -0.485 e. The zero-order valence-electron chi connectivity index (χ0n) is 8.36. The molecule has 3 rings (SSSR count). The summed E-state index contributed by atoms with van der Waals surface area (Å²) in [7, 11) is 0. The van der Waals surface area contributed by atoms with E-state index < -0.39 is 0 Å². The minimum absolute atomic E-state index is 0.198. The number of fused-ring (bicyclic) bond motifs is 1. The Morgan fingerprint density at radius 2 is 2.20 bits per heavy atom. The second kappa shape index (κ2) is 3.27. The number of carbonyl (C=O) groups is 1. The Labute approximate surface area is 93.0 Å². The molecule has 2 heterocycles. The molecule has 78 valence electrons. The van der Waals surface area contributed by atoms with Crippen LogP contribution in [0, 0.1) is 0 Å². The van der Waals surface area contributed by atoms with Gasteiger partial charge in [-0.3, -0.25) is 4.79 Å². The number of hydrogen-bond acceptors (Lipinski definition) is 3. The Balaban J connectivity index is 2.02. The molecule has 1 fully saturated rings. The van der Waals surface area contributed by atoms with E-state index in [0.717, 1.165) is 29.2 Å². The zero-order chi connectivity index (χ0) is 10.3. The van der Waals surface area contributed by atoms with E-state index in [-0.39, 0.29) is 11.4 Å². The molecular formula is C12H12O2S. The highest BCUT2D eigenvalue weighted by Crippen LogP contribution is 2.41. The van der Waals surface area contributed by atoms with Crippen LogP contribution in [0.5, 0.6) is 5.75 Å². The van der Waals surface area contributed by atoms with Gasteiger partial charge in [0.25, 0.3) is 0 Å². The summed E-state index contributed by atoms with van der Waals surface area (Å²) in [4.78, 5) is 12.0. The first-order valence-electron chi connectivity index (χ1n) is 5.18. The van der Waals surface area contributed by atoms with Gasteiger partial charge in [-0.1, -0.05) is 12.1 Å². The van der Waals surface area contributed by atoms with E-state index in [9.17, 15) is 4.79 Å². The van der Waals surface area contributed by atoms with Crippen LogP contribution in [0.2, 0.25) is 0 Å². The summed E-state index contributed by atoms with van der Waals surface area (Å²) in [6.07, 6.45) is 1.55. The molecule has 0 N–H and O–H groups in total. The molecule has 0 bridgehead atoms. The molecule has 0 saturated carbocycles. The molecule has 1 spiro atoms. The van der Waals surface area contributed by atoms with Gasteiger partial charge in [0.15, 0.2) is 5.78 Å². The first-order valence-corrected chi connectivity index (χ1v) is 6.34. The molecule has 1 aromatic carbocycles. The molecular weight excluding hydrogens is 208 g/mol. The molecule has 0 radical (unpaired) electrons. The number of benzene rings is 1. The normalized spacial score (nSPS) is 28.9. The number of para-hydroxylation sites is 1. The lowest BCUT2D eigenvalue weighted by atomic mass is 9.89. The number of rotatable bonds is 0. The van der Waals surface area contributed by atoms with Gasteiger partial charge in [-0.05, 0) is 24.3 Å². The van der Waals surface area contributed by atoms with Gasteiger partial charge in [-0.15, -0.1) is 0 Å². The van der Waals surface area contributed by atoms with Crippen LogP contribution in [0.25, 0.3) is 0 Å². The van der Waals surface area contributed by atoms with Crippen molar-refractivity contribution in [2.75, 3.05) is 11.5 Å². The van der Waals surface area contributed by atoms with Crippen molar-refractivity contribution in [2.24, 2.45) is 0 Å². The van der Waals surface area contributed by atoms with E-state index in [1.165, 1.54) is 0 Å². The number of thioether (sulfide) groups is 1. The van der Waals surface area contributed by atoms with Crippen LogP contribution in [-0.2, 0) is 0 Å². The van der Waals surface area contributed by atoms with Crippen molar-refractivity contribution >= 4 is 17.5 Å². The average molecular weight is 220 g/mol. The van der Waals surface area contributed by atoms with Gasteiger partial charge in [0, 0.05) is 5.75 Å². The van der Waals surface area contributed by atoms with Crippen LogP contribution in [0.4, 0.5) is 0 Å². The maximum absolute atomic E-state index is 12.0. The van der Waals surface area contributed by atoms with E-state index in [1.54, 1.807) is 0 Å². The highest BCUT2D eigenvalue weighted by atomic mass is 32.2. The Bertz CT molecular complexity index is 408. The van der Waals surface area contributed by atoms with Crippen LogP contribution >= 0.6 is 11.8 Å². The Morgan fingerprint density at radius 3 is 3.00 bits per heavy atom. The van der Waals surface area contributed by atoms with Crippen molar-refractivity contribution in [1.82, 2.24) is 0 Å². The summed E-state index contributed by atoms with van der Waals surface area (Å²) in [6, 6.07) is 7.57. The van der Waals surface area contributed by atoms with Crippen molar-refractivity contribution in [3.8, 4) is 5.75 Å².